The van der Waals surface area contributed by atoms with Gasteiger partial charge in [0, 0.05) is 32.1 Å². The van der Waals surface area contributed by atoms with E-state index in [1.165, 1.54) is 11.1 Å². The van der Waals surface area contributed by atoms with E-state index >= 15 is 0 Å². The Labute approximate surface area is 136 Å². The molecule has 1 N–H and O–H groups in total. The average molecular weight is 315 g/mol. The smallest absolute Gasteiger partial charge is 0.0955 e. The molecule has 0 bridgehead atoms. The Morgan fingerprint density at radius 2 is 2.26 bits per heavy atom. The van der Waals surface area contributed by atoms with E-state index in [9.17, 15) is 5.11 Å². The average Bonchev–Trinajstić information content (AvgIpc) is 3.14. The van der Waals surface area contributed by atoms with E-state index in [4.69, 9.17) is 4.74 Å². The fourth-order valence-corrected chi connectivity index (χ4v) is 4.18. The Morgan fingerprint density at radius 3 is 3.09 bits per heavy atom. The molecule has 2 aromatic rings. The van der Waals surface area contributed by atoms with Crippen LogP contribution in [0.5, 0.6) is 0 Å². The van der Waals surface area contributed by atoms with Crippen molar-refractivity contribution < 1.29 is 9.84 Å². The number of benzene rings is 1. The van der Waals surface area contributed by atoms with Crippen LogP contribution in [0.3, 0.4) is 0 Å². The normalized spacial score (nSPS) is 29.4. The number of aromatic nitrogens is 2. The molecule has 124 valence electrons. The molecule has 4 rings (SSSR count). The molecular formula is C18H25N3O2. The first-order valence-corrected chi connectivity index (χ1v) is 8.62. The van der Waals surface area contributed by atoms with E-state index in [0.29, 0.717) is 12.0 Å². The van der Waals surface area contributed by atoms with Crippen molar-refractivity contribution in [1.29, 1.82) is 0 Å². The SMILES string of the molecule is Cn1cnc2cc(CN3CCOC[C@@H]3[C@H]3CCC[C@@H]3O)ccc21. The van der Waals surface area contributed by atoms with E-state index < -0.39 is 0 Å². The predicted octanol–water partition coefficient (Wildman–Crippen LogP) is 1.94. The summed E-state index contributed by atoms with van der Waals surface area (Å²) in [5.74, 6) is 0.355. The van der Waals surface area contributed by atoms with Gasteiger partial charge in [-0.15, -0.1) is 0 Å². The summed E-state index contributed by atoms with van der Waals surface area (Å²) in [6, 6.07) is 6.87. The number of fused-ring (bicyclic) bond motifs is 1. The van der Waals surface area contributed by atoms with Crippen molar-refractivity contribution in [2.24, 2.45) is 13.0 Å². The highest BCUT2D eigenvalue weighted by Crippen LogP contribution is 2.33. The number of hydrogen-bond donors (Lipinski definition) is 1. The van der Waals surface area contributed by atoms with E-state index in [1.54, 1.807) is 0 Å². The van der Waals surface area contributed by atoms with Crippen molar-refractivity contribution >= 4 is 11.0 Å². The largest absolute Gasteiger partial charge is 0.393 e. The third-order valence-electron chi connectivity index (χ3n) is 5.48. The summed E-state index contributed by atoms with van der Waals surface area (Å²) in [6.45, 7) is 3.37. The van der Waals surface area contributed by atoms with Gasteiger partial charge in [0.2, 0.25) is 0 Å². The van der Waals surface area contributed by atoms with Crippen LogP contribution in [0.2, 0.25) is 0 Å². The molecule has 5 nitrogen and oxygen atoms in total. The second kappa shape index (κ2) is 6.23. The van der Waals surface area contributed by atoms with Gasteiger partial charge >= 0.3 is 0 Å². The highest BCUT2D eigenvalue weighted by atomic mass is 16.5. The third kappa shape index (κ3) is 2.89. The van der Waals surface area contributed by atoms with Crippen LogP contribution in [-0.4, -0.2) is 51.5 Å². The zero-order valence-electron chi connectivity index (χ0n) is 13.7. The van der Waals surface area contributed by atoms with Crippen molar-refractivity contribution in [2.45, 2.75) is 38.0 Å². The highest BCUT2D eigenvalue weighted by molar-refractivity contribution is 5.75. The Balaban J connectivity index is 1.54. The van der Waals surface area contributed by atoms with E-state index in [2.05, 4.69) is 28.1 Å². The molecule has 1 saturated heterocycles. The van der Waals surface area contributed by atoms with E-state index in [1.807, 2.05) is 17.9 Å². The molecule has 3 atom stereocenters. The number of aryl methyl sites for hydroxylation is 1. The minimum absolute atomic E-state index is 0.164. The number of rotatable bonds is 3. The van der Waals surface area contributed by atoms with Crippen LogP contribution in [0.15, 0.2) is 24.5 Å². The van der Waals surface area contributed by atoms with Gasteiger partial charge in [-0.05, 0) is 30.5 Å². The molecule has 23 heavy (non-hydrogen) atoms. The number of hydrogen-bond acceptors (Lipinski definition) is 4. The highest BCUT2D eigenvalue weighted by Gasteiger charge is 2.37. The monoisotopic (exact) mass is 315 g/mol. The standard InChI is InChI=1S/C18H25N3O2/c1-20-12-19-15-9-13(5-6-16(15)20)10-21-7-8-23-11-17(21)14-3-2-4-18(14)22/h5-6,9,12,14,17-18,22H,2-4,7-8,10-11H2,1H3/t14-,17-,18+/m1/s1. The third-order valence-corrected chi connectivity index (χ3v) is 5.48. The summed E-state index contributed by atoms with van der Waals surface area (Å²) in [7, 11) is 2.02. The van der Waals surface area contributed by atoms with Gasteiger partial charge in [-0.25, -0.2) is 4.98 Å². The molecular weight excluding hydrogens is 290 g/mol. The van der Waals surface area contributed by atoms with Crippen LogP contribution in [0, 0.1) is 5.92 Å². The molecule has 0 spiro atoms. The minimum atomic E-state index is -0.164. The Kier molecular flexibility index (Phi) is 4.09. The van der Waals surface area contributed by atoms with Crippen molar-refractivity contribution in [1.82, 2.24) is 14.5 Å². The predicted molar refractivity (Wildman–Crippen MR) is 89.1 cm³/mol. The Morgan fingerprint density at radius 1 is 1.35 bits per heavy atom. The maximum atomic E-state index is 10.3. The molecule has 0 radical (unpaired) electrons. The molecule has 0 amide bonds. The van der Waals surface area contributed by atoms with Crippen LogP contribution in [0.1, 0.15) is 24.8 Å². The fraction of sp³-hybridized carbons (Fsp3) is 0.611. The molecule has 2 heterocycles. The first-order chi connectivity index (χ1) is 11.2. The van der Waals surface area contributed by atoms with Crippen molar-refractivity contribution in [3.05, 3.63) is 30.1 Å². The van der Waals surface area contributed by atoms with Crippen molar-refractivity contribution in [3.63, 3.8) is 0 Å². The van der Waals surface area contributed by atoms with Crippen molar-refractivity contribution in [2.75, 3.05) is 19.8 Å². The van der Waals surface area contributed by atoms with Gasteiger partial charge < -0.3 is 14.4 Å². The topological polar surface area (TPSA) is 50.5 Å². The van der Waals surface area contributed by atoms with Gasteiger partial charge in [0.25, 0.3) is 0 Å². The van der Waals surface area contributed by atoms with Crippen molar-refractivity contribution in [3.8, 4) is 0 Å². The Bertz CT molecular complexity index is 684. The second-order valence-electron chi connectivity index (χ2n) is 6.95. The van der Waals surface area contributed by atoms with Gasteiger partial charge in [-0.2, -0.15) is 0 Å². The maximum Gasteiger partial charge on any atom is 0.0955 e. The van der Waals surface area contributed by atoms with Gasteiger partial charge in [0.15, 0.2) is 0 Å². The summed E-state index contributed by atoms with van der Waals surface area (Å²) in [6.07, 6.45) is 4.89. The number of imidazole rings is 1. The van der Waals surface area contributed by atoms with Gasteiger partial charge in [0.05, 0.1) is 36.7 Å². The molecule has 2 aliphatic rings. The molecule has 5 heteroatoms. The zero-order chi connectivity index (χ0) is 15.8. The fourth-order valence-electron chi connectivity index (χ4n) is 4.18. The molecule has 2 fully saturated rings. The Hall–Kier alpha value is -1.43. The molecule has 1 aliphatic heterocycles. The lowest BCUT2D eigenvalue weighted by molar-refractivity contribution is -0.0536. The summed E-state index contributed by atoms with van der Waals surface area (Å²) in [4.78, 5) is 6.95. The molecule has 1 saturated carbocycles. The molecule has 1 aromatic heterocycles. The zero-order valence-corrected chi connectivity index (χ0v) is 13.7. The van der Waals surface area contributed by atoms with Crippen LogP contribution in [0.4, 0.5) is 0 Å². The van der Waals surface area contributed by atoms with Crippen LogP contribution < -0.4 is 0 Å². The second-order valence-corrected chi connectivity index (χ2v) is 6.95. The summed E-state index contributed by atoms with van der Waals surface area (Å²) in [5, 5.41) is 10.3. The van der Waals surface area contributed by atoms with Crippen LogP contribution in [-0.2, 0) is 18.3 Å². The minimum Gasteiger partial charge on any atom is -0.393 e. The van der Waals surface area contributed by atoms with Gasteiger partial charge in [-0.1, -0.05) is 12.5 Å². The number of aliphatic hydroxyl groups excluding tert-OH is 1. The maximum absolute atomic E-state index is 10.3. The van der Waals surface area contributed by atoms with Gasteiger partial charge in [0.1, 0.15) is 0 Å². The summed E-state index contributed by atoms with van der Waals surface area (Å²) >= 11 is 0. The first kappa shape index (κ1) is 15.1. The first-order valence-electron chi connectivity index (χ1n) is 8.62. The molecule has 1 aliphatic carbocycles. The lowest BCUT2D eigenvalue weighted by Crippen LogP contribution is -2.50. The lowest BCUT2D eigenvalue weighted by Gasteiger charge is -2.40. The number of nitrogens with zero attached hydrogens (tertiary/aromatic N) is 3. The summed E-state index contributed by atoms with van der Waals surface area (Å²) in [5.41, 5.74) is 3.50. The van der Waals surface area contributed by atoms with Crippen LogP contribution in [0.25, 0.3) is 11.0 Å². The van der Waals surface area contributed by atoms with Gasteiger partial charge in [-0.3, -0.25) is 4.90 Å². The number of ether oxygens (including phenoxy) is 1. The number of morpholine rings is 1. The van der Waals surface area contributed by atoms with E-state index in [-0.39, 0.29) is 6.10 Å². The lowest BCUT2D eigenvalue weighted by atomic mass is 9.94. The van der Waals surface area contributed by atoms with Crippen LogP contribution >= 0.6 is 0 Å². The van der Waals surface area contributed by atoms with E-state index in [0.717, 1.165) is 51.1 Å². The number of aliphatic hydroxyl groups is 1. The quantitative estimate of drug-likeness (QED) is 0.940. The molecule has 0 unspecified atom stereocenters. The molecule has 1 aromatic carbocycles. The summed E-state index contributed by atoms with van der Waals surface area (Å²) < 4.78 is 7.76.